The van der Waals surface area contributed by atoms with Crippen LogP contribution in [0.15, 0.2) is 66.1 Å². The predicted octanol–water partition coefficient (Wildman–Crippen LogP) is 6.28. The maximum absolute atomic E-state index is 14.1. The Morgan fingerprint density at radius 1 is 0.800 bits per heavy atom. The monoisotopic (exact) mass is 1300 g/mol. The first-order valence-corrected chi connectivity index (χ1v) is 32.3. The molecule has 23 nitrogen and oxygen atoms in total. The zero-order valence-electron chi connectivity index (χ0n) is 53.5. The number of methoxy groups -OCH3 is 1. The topological polar surface area (TPSA) is 273 Å². The fraction of sp³-hybridized carbons (Fsp3) is 0.615. The van der Waals surface area contributed by atoms with Crippen molar-refractivity contribution in [1.29, 1.82) is 0 Å². The third-order valence-electron chi connectivity index (χ3n) is 15.8. The van der Waals surface area contributed by atoms with Gasteiger partial charge in [-0.15, -0.1) is 16.8 Å². The number of hydrogen-bond acceptors (Lipinski definition) is 19. The van der Waals surface area contributed by atoms with Crippen molar-refractivity contribution < 1.29 is 81.1 Å². The van der Waals surface area contributed by atoms with Crippen LogP contribution in [-0.2, 0) is 89.4 Å². The minimum atomic E-state index is -1.25. The van der Waals surface area contributed by atoms with Crippen LogP contribution in [-0.4, -0.2) is 191 Å². The van der Waals surface area contributed by atoms with Crippen molar-refractivity contribution in [2.24, 2.45) is 23.2 Å². The van der Waals surface area contributed by atoms with Gasteiger partial charge in [-0.3, -0.25) is 38.5 Å². The summed E-state index contributed by atoms with van der Waals surface area (Å²) < 4.78 is 39.2. The van der Waals surface area contributed by atoms with Crippen molar-refractivity contribution in [3.8, 4) is 5.75 Å². The number of benzene rings is 2. The van der Waals surface area contributed by atoms with Crippen molar-refractivity contribution in [3.05, 3.63) is 87.8 Å². The number of hydrogen-bond donors (Lipinski definition) is 3. The van der Waals surface area contributed by atoms with Crippen molar-refractivity contribution in [2.45, 2.75) is 131 Å². The Hall–Kier alpha value is -6.41. The average Bonchev–Trinajstić information content (AvgIpc) is 1.29. The summed E-state index contributed by atoms with van der Waals surface area (Å²) in [6.07, 6.45) is 2.32. The number of halogens is 1. The first-order chi connectivity index (χ1) is 42.9. The van der Waals surface area contributed by atoms with Crippen LogP contribution < -0.4 is 20.7 Å². The summed E-state index contributed by atoms with van der Waals surface area (Å²) in [6, 6.07) is 12.6. The van der Waals surface area contributed by atoms with Gasteiger partial charge in [0.15, 0.2) is 6.10 Å². The number of hydroxylamine groups is 2. The van der Waals surface area contributed by atoms with E-state index in [4.69, 9.17) is 49.6 Å². The zero-order valence-corrected chi connectivity index (χ0v) is 55.1. The quantitative estimate of drug-likeness (QED) is 0.0403. The Morgan fingerprint density at radius 2 is 1.42 bits per heavy atom. The Kier molecular flexibility index (Phi) is 31.7. The molecule has 0 aliphatic carbocycles. The lowest BCUT2D eigenvalue weighted by atomic mass is 9.77. The molecule has 0 unspecified atom stereocenters. The third-order valence-corrected chi connectivity index (χ3v) is 17.2. The number of amides is 6. The Bertz CT molecular complexity index is 2740. The molecular weight excluding hydrogens is 1200 g/mol. The zero-order chi connectivity index (χ0) is 65.8. The molecule has 498 valence electrons. The number of allylic oxidation sites excluding steroid dienone is 1. The maximum Gasteiger partial charge on any atom is 0.347 e. The van der Waals surface area contributed by atoms with E-state index in [1.54, 1.807) is 38.1 Å². The van der Waals surface area contributed by atoms with Crippen LogP contribution in [0.1, 0.15) is 116 Å². The third kappa shape index (κ3) is 25.7. The second kappa shape index (κ2) is 38.4. The molecule has 6 atom stereocenters. The number of nitrogens with zero attached hydrogens (tertiary/aromatic N) is 3. The Labute approximate surface area is 538 Å². The van der Waals surface area contributed by atoms with Gasteiger partial charge in [-0.25, -0.2) is 9.59 Å². The molecule has 3 heterocycles. The second-order valence-electron chi connectivity index (χ2n) is 23.8. The minimum absolute atomic E-state index is 0.0230. The van der Waals surface area contributed by atoms with Gasteiger partial charge < -0.3 is 58.8 Å². The molecule has 0 radical (unpaired) electrons. The maximum atomic E-state index is 14.1. The number of nitrogens with one attached hydrogen (secondary N) is 3. The molecule has 0 spiro atoms. The van der Waals surface area contributed by atoms with Crippen LogP contribution in [0.2, 0.25) is 5.02 Å². The number of imide groups is 1. The van der Waals surface area contributed by atoms with Gasteiger partial charge in [-0.05, 0) is 90.2 Å². The summed E-state index contributed by atoms with van der Waals surface area (Å²) in [6.45, 7) is 23.3. The van der Waals surface area contributed by atoms with Crippen LogP contribution in [0.3, 0.4) is 0 Å². The van der Waals surface area contributed by atoms with Crippen molar-refractivity contribution in [2.75, 3.05) is 105 Å². The molecule has 2 fully saturated rings. The van der Waals surface area contributed by atoms with Crippen molar-refractivity contribution in [3.63, 3.8) is 0 Å². The van der Waals surface area contributed by atoms with E-state index >= 15 is 0 Å². The van der Waals surface area contributed by atoms with Gasteiger partial charge in [0.05, 0.1) is 82.6 Å². The summed E-state index contributed by atoms with van der Waals surface area (Å²) in [5, 5.41) is 9.29. The SMILES string of the molecule is C=C(CCC(=O)N1CCN(Cc2ccc([C@@H](C)[C@H](C)[C@@H](C)[C@@H]3C/C=C/C(=O)N[C@H](Cc4ccc(OC)c(Cl)c4)C(=O)NCC(C)(C)C(=O)O[C@@H](CC(C)C)C(=O)O3)cc2)CC1)SCC(=O)NCCOCCOCCOCCOCCC(=O)ON1C(=O)CCC1=O. The molecule has 0 saturated carbocycles. The normalized spacial score (nSPS) is 20.1. The minimum Gasteiger partial charge on any atom is -0.495 e. The highest BCUT2D eigenvalue weighted by Crippen LogP contribution is 2.35. The lowest BCUT2D eigenvalue weighted by molar-refractivity contribution is -0.198. The molecule has 90 heavy (non-hydrogen) atoms. The average molecular weight is 1300 g/mol. The smallest absolute Gasteiger partial charge is 0.347 e. The summed E-state index contributed by atoms with van der Waals surface area (Å²) >= 11 is 7.73. The fourth-order valence-electron chi connectivity index (χ4n) is 9.94. The largest absolute Gasteiger partial charge is 0.495 e. The first kappa shape index (κ1) is 74.3. The summed E-state index contributed by atoms with van der Waals surface area (Å²) in [5.74, 6) is -3.90. The molecule has 3 aliphatic heterocycles. The number of ether oxygens (including phenoxy) is 7. The van der Waals surface area contributed by atoms with Gasteiger partial charge in [0.25, 0.3) is 11.8 Å². The number of cyclic esters (lactones) is 2. The molecule has 3 N–H and O–H groups in total. The van der Waals surface area contributed by atoms with Crippen LogP contribution in [0.5, 0.6) is 5.75 Å². The highest BCUT2D eigenvalue weighted by molar-refractivity contribution is 8.03. The summed E-state index contributed by atoms with van der Waals surface area (Å²) in [5.41, 5.74) is 1.66. The van der Waals surface area contributed by atoms with Gasteiger partial charge in [-0.2, -0.15) is 0 Å². The first-order valence-electron chi connectivity index (χ1n) is 31.0. The molecule has 6 amide bonds. The van der Waals surface area contributed by atoms with E-state index in [0.717, 1.165) is 35.7 Å². The summed E-state index contributed by atoms with van der Waals surface area (Å²) in [7, 11) is 1.50. The molecule has 0 aromatic heterocycles. The van der Waals surface area contributed by atoms with Crippen molar-refractivity contribution >= 4 is 76.7 Å². The number of piperazine rings is 1. The lowest BCUT2D eigenvalue weighted by Gasteiger charge is -2.35. The predicted molar refractivity (Wildman–Crippen MR) is 337 cm³/mol. The van der Waals surface area contributed by atoms with Crippen LogP contribution in [0.4, 0.5) is 0 Å². The second-order valence-corrected chi connectivity index (χ2v) is 25.4. The number of thioether (sulfide) groups is 1. The van der Waals surface area contributed by atoms with E-state index in [9.17, 15) is 43.2 Å². The van der Waals surface area contributed by atoms with Gasteiger partial charge in [-0.1, -0.05) is 89.2 Å². The molecule has 2 saturated heterocycles. The molecule has 2 aromatic rings. The Balaban J connectivity index is 0.982. The molecule has 2 aromatic carbocycles. The van der Waals surface area contributed by atoms with E-state index in [0.29, 0.717) is 86.9 Å². The molecule has 5 rings (SSSR count). The Morgan fingerprint density at radius 3 is 2.04 bits per heavy atom. The number of rotatable bonds is 33. The highest BCUT2D eigenvalue weighted by Gasteiger charge is 2.39. The van der Waals surface area contributed by atoms with Gasteiger partial charge >= 0.3 is 17.9 Å². The van der Waals surface area contributed by atoms with Crippen LogP contribution in [0.25, 0.3) is 0 Å². The van der Waals surface area contributed by atoms with E-state index < -0.39 is 65.2 Å². The molecular formula is C65H93ClN6O17S. The highest BCUT2D eigenvalue weighted by atomic mass is 35.5. The molecule has 0 bridgehead atoms. The van der Waals surface area contributed by atoms with Crippen LogP contribution in [0, 0.1) is 23.2 Å². The number of carbonyl (C=O) groups excluding carboxylic acids is 9. The van der Waals surface area contributed by atoms with E-state index in [-0.39, 0.29) is 106 Å². The molecule has 3 aliphatic rings. The number of esters is 2. The number of carbonyl (C=O) groups is 9. The van der Waals surface area contributed by atoms with Gasteiger partial charge in [0, 0.05) is 77.9 Å². The lowest BCUT2D eigenvalue weighted by Crippen LogP contribution is -2.51. The van der Waals surface area contributed by atoms with Gasteiger partial charge in [0.2, 0.25) is 23.6 Å². The van der Waals surface area contributed by atoms with Crippen molar-refractivity contribution in [1.82, 2.24) is 30.8 Å². The summed E-state index contributed by atoms with van der Waals surface area (Å²) in [4.78, 5) is 125. The van der Waals surface area contributed by atoms with Gasteiger partial charge in [0.1, 0.15) is 17.9 Å². The van der Waals surface area contributed by atoms with E-state index in [2.05, 4.69) is 65.5 Å². The standard InChI is InChI=1S/C65H93ClN6O17S/c1-43(2)37-55-63(80)87-53(11-10-12-56(73)69-52(39-49-16-19-54(82-9)51(66)38-49)62(79)68-42-65(7,8)64(81)88-55)47(6)45(4)46(5)50-17-14-48(15-18-50)40-70-25-27-71(28-26-70)58(75)20-13-44(3)90-41-57(74)67-24-30-84-32-34-86-36-35-85-33-31-83-29-23-61(78)89-72-59(76)21-22-60(72)77/h10,12,14-19,38,43,45-47,52-53,55H,3,11,13,20-37,39-42H2,1-2,4-9H3,(H,67,74)(H,68,79)(H,69,73)/b12-10+/t45-,46-,47+,52+,53-,55-/m0/s1. The van der Waals surface area contributed by atoms with E-state index in [1.807, 2.05) is 25.7 Å². The molecule has 25 heteroatoms. The van der Waals surface area contributed by atoms with E-state index in [1.165, 1.54) is 24.9 Å². The fourth-order valence-corrected chi connectivity index (χ4v) is 10.9. The van der Waals surface area contributed by atoms with Crippen LogP contribution >= 0.6 is 23.4 Å².